The molecule has 0 aliphatic rings. The molecule has 0 spiro atoms. The number of esters is 1. The van der Waals surface area contributed by atoms with Gasteiger partial charge in [0.1, 0.15) is 17.2 Å². The predicted octanol–water partition coefficient (Wildman–Crippen LogP) is 2.80. The SMILES string of the molecule is COc1cc(OC)cc(C(=O)O[C@@H](C)C(=O)Nc2cc([N+](=O)[O-])ccc2OC)c1. The third-order valence-corrected chi connectivity index (χ3v) is 3.89. The summed E-state index contributed by atoms with van der Waals surface area (Å²) in [4.78, 5) is 35.1. The lowest BCUT2D eigenvalue weighted by Crippen LogP contribution is -2.30. The number of non-ortho nitro benzene ring substituents is 1. The molecule has 2 aromatic rings. The van der Waals surface area contributed by atoms with Gasteiger partial charge in [0.25, 0.3) is 11.6 Å². The number of nitrogens with one attached hydrogen (secondary N) is 1. The summed E-state index contributed by atoms with van der Waals surface area (Å²) in [7, 11) is 4.23. The van der Waals surface area contributed by atoms with Crippen LogP contribution in [0.3, 0.4) is 0 Å². The maximum Gasteiger partial charge on any atom is 0.339 e. The fraction of sp³-hybridized carbons (Fsp3) is 0.263. The number of carbonyl (C=O) groups excluding carboxylic acids is 2. The van der Waals surface area contributed by atoms with Crippen LogP contribution in [0.1, 0.15) is 17.3 Å². The van der Waals surface area contributed by atoms with Crippen molar-refractivity contribution in [3.8, 4) is 17.2 Å². The van der Waals surface area contributed by atoms with Crippen LogP contribution in [0.15, 0.2) is 36.4 Å². The van der Waals surface area contributed by atoms with Gasteiger partial charge < -0.3 is 24.3 Å². The minimum Gasteiger partial charge on any atom is -0.497 e. The summed E-state index contributed by atoms with van der Waals surface area (Å²) in [6.07, 6.45) is -1.19. The van der Waals surface area contributed by atoms with E-state index in [4.69, 9.17) is 18.9 Å². The molecule has 154 valence electrons. The van der Waals surface area contributed by atoms with Crippen molar-refractivity contribution in [2.75, 3.05) is 26.6 Å². The lowest BCUT2D eigenvalue weighted by molar-refractivity contribution is -0.384. The standard InChI is InChI=1S/C19H20N2O8/c1-11(29-19(23)12-7-14(26-2)10-15(8-12)27-3)18(22)20-16-9-13(21(24)25)5-6-17(16)28-4/h5-11H,1-4H3,(H,20,22)/t11-/m0/s1. The molecule has 2 aromatic carbocycles. The number of ether oxygens (including phenoxy) is 4. The molecule has 1 N–H and O–H groups in total. The summed E-state index contributed by atoms with van der Waals surface area (Å²) in [5.41, 5.74) is -0.0133. The topological polar surface area (TPSA) is 126 Å². The zero-order valence-corrected chi connectivity index (χ0v) is 16.3. The van der Waals surface area contributed by atoms with E-state index < -0.39 is 22.9 Å². The molecular weight excluding hydrogens is 384 g/mol. The molecule has 0 heterocycles. The highest BCUT2D eigenvalue weighted by Gasteiger charge is 2.22. The van der Waals surface area contributed by atoms with Gasteiger partial charge >= 0.3 is 5.97 Å². The molecule has 0 fully saturated rings. The van der Waals surface area contributed by atoms with Gasteiger partial charge in [-0.05, 0) is 25.1 Å². The largest absolute Gasteiger partial charge is 0.497 e. The summed E-state index contributed by atoms with van der Waals surface area (Å²) in [6, 6.07) is 8.22. The monoisotopic (exact) mass is 404 g/mol. The second-order valence-corrected chi connectivity index (χ2v) is 5.78. The Morgan fingerprint density at radius 3 is 2.14 bits per heavy atom. The van der Waals surface area contributed by atoms with Crippen molar-refractivity contribution in [2.24, 2.45) is 0 Å². The summed E-state index contributed by atoms with van der Waals surface area (Å²) in [6.45, 7) is 1.37. The summed E-state index contributed by atoms with van der Waals surface area (Å²) in [5, 5.41) is 13.4. The van der Waals surface area contributed by atoms with Crippen LogP contribution in [-0.4, -0.2) is 44.2 Å². The van der Waals surface area contributed by atoms with E-state index in [-0.39, 0.29) is 22.7 Å². The highest BCUT2D eigenvalue weighted by Crippen LogP contribution is 2.29. The van der Waals surface area contributed by atoms with Gasteiger partial charge in [-0.15, -0.1) is 0 Å². The van der Waals surface area contributed by atoms with Gasteiger partial charge in [0.05, 0.1) is 37.5 Å². The first kappa shape index (κ1) is 21.5. The predicted molar refractivity (Wildman–Crippen MR) is 103 cm³/mol. The van der Waals surface area contributed by atoms with Crippen LogP contribution in [0.2, 0.25) is 0 Å². The molecule has 1 amide bonds. The van der Waals surface area contributed by atoms with Crippen LogP contribution < -0.4 is 19.5 Å². The molecule has 0 aliphatic heterocycles. The normalized spacial score (nSPS) is 11.2. The molecule has 0 aromatic heterocycles. The average Bonchev–Trinajstić information content (AvgIpc) is 2.72. The molecule has 0 saturated carbocycles. The lowest BCUT2D eigenvalue weighted by atomic mass is 10.2. The molecule has 29 heavy (non-hydrogen) atoms. The van der Waals surface area contributed by atoms with Gasteiger partial charge in [0.2, 0.25) is 0 Å². The first-order chi connectivity index (χ1) is 13.8. The Labute approximate surface area is 166 Å². The third kappa shape index (κ3) is 5.34. The Bertz CT molecular complexity index is 906. The van der Waals surface area contributed by atoms with E-state index in [1.807, 2.05) is 0 Å². The van der Waals surface area contributed by atoms with E-state index in [1.54, 1.807) is 6.07 Å². The number of nitro groups is 1. The molecule has 1 atom stereocenters. The molecule has 10 nitrogen and oxygen atoms in total. The minimum absolute atomic E-state index is 0.0812. The van der Waals surface area contributed by atoms with E-state index in [0.29, 0.717) is 11.5 Å². The Balaban J connectivity index is 2.14. The first-order valence-electron chi connectivity index (χ1n) is 8.36. The molecule has 0 saturated heterocycles. The van der Waals surface area contributed by atoms with E-state index >= 15 is 0 Å². The van der Waals surface area contributed by atoms with Crippen molar-refractivity contribution < 1.29 is 33.5 Å². The van der Waals surface area contributed by atoms with Gasteiger partial charge in [0.15, 0.2) is 6.10 Å². The number of amides is 1. The number of anilines is 1. The number of hydrogen-bond donors (Lipinski definition) is 1. The number of benzene rings is 2. The number of nitrogens with zero attached hydrogens (tertiary/aromatic N) is 1. The van der Waals surface area contributed by atoms with Gasteiger partial charge in [-0.3, -0.25) is 14.9 Å². The fourth-order valence-electron chi connectivity index (χ4n) is 2.35. The maximum absolute atomic E-state index is 12.4. The van der Waals surface area contributed by atoms with Crippen molar-refractivity contribution >= 4 is 23.3 Å². The first-order valence-corrected chi connectivity index (χ1v) is 8.36. The number of rotatable bonds is 8. The van der Waals surface area contributed by atoms with Crippen LogP contribution in [0, 0.1) is 10.1 Å². The fourth-order valence-corrected chi connectivity index (χ4v) is 2.35. The molecule has 0 aliphatic carbocycles. The van der Waals surface area contributed by atoms with Crippen molar-refractivity contribution in [1.82, 2.24) is 0 Å². The number of nitro benzene ring substituents is 1. The van der Waals surface area contributed by atoms with Crippen LogP contribution >= 0.6 is 0 Å². The Morgan fingerprint density at radius 1 is 1.00 bits per heavy atom. The second-order valence-electron chi connectivity index (χ2n) is 5.78. The Hall–Kier alpha value is -3.82. The zero-order chi connectivity index (χ0) is 21.6. The van der Waals surface area contributed by atoms with Gasteiger partial charge in [-0.25, -0.2) is 4.79 Å². The van der Waals surface area contributed by atoms with E-state index in [9.17, 15) is 19.7 Å². The van der Waals surface area contributed by atoms with E-state index in [1.165, 1.54) is 52.5 Å². The third-order valence-electron chi connectivity index (χ3n) is 3.89. The highest BCUT2D eigenvalue weighted by molar-refractivity contribution is 5.98. The van der Waals surface area contributed by atoms with Crippen molar-refractivity contribution in [1.29, 1.82) is 0 Å². The van der Waals surface area contributed by atoms with Crippen LogP contribution in [0.5, 0.6) is 17.2 Å². The van der Waals surface area contributed by atoms with E-state index in [0.717, 1.165) is 6.07 Å². The smallest absolute Gasteiger partial charge is 0.339 e. The zero-order valence-electron chi connectivity index (χ0n) is 16.3. The van der Waals surface area contributed by atoms with Gasteiger partial charge in [0, 0.05) is 18.2 Å². The van der Waals surface area contributed by atoms with E-state index in [2.05, 4.69) is 5.32 Å². The van der Waals surface area contributed by atoms with Crippen molar-refractivity contribution in [2.45, 2.75) is 13.0 Å². The van der Waals surface area contributed by atoms with Crippen molar-refractivity contribution in [3.63, 3.8) is 0 Å². The molecule has 2 rings (SSSR count). The summed E-state index contributed by atoms with van der Waals surface area (Å²) < 4.78 is 20.5. The number of hydrogen-bond acceptors (Lipinski definition) is 8. The number of methoxy groups -OCH3 is 3. The Morgan fingerprint density at radius 2 is 1.62 bits per heavy atom. The van der Waals surface area contributed by atoms with Crippen LogP contribution in [-0.2, 0) is 9.53 Å². The second kappa shape index (κ2) is 9.40. The molecule has 0 bridgehead atoms. The minimum atomic E-state index is -1.19. The summed E-state index contributed by atoms with van der Waals surface area (Å²) >= 11 is 0. The Kier molecular flexibility index (Phi) is 6.96. The van der Waals surface area contributed by atoms with Gasteiger partial charge in [-0.1, -0.05) is 0 Å². The van der Waals surface area contributed by atoms with Crippen LogP contribution in [0.25, 0.3) is 0 Å². The molecule has 0 unspecified atom stereocenters. The lowest BCUT2D eigenvalue weighted by Gasteiger charge is -2.15. The highest BCUT2D eigenvalue weighted by atomic mass is 16.6. The van der Waals surface area contributed by atoms with Crippen LogP contribution in [0.4, 0.5) is 11.4 Å². The molecular formula is C19H20N2O8. The number of carbonyl (C=O) groups is 2. The maximum atomic E-state index is 12.4. The quantitative estimate of drug-likeness (QED) is 0.404. The van der Waals surface area contributed by atoms with Gasteiger partial charge in [-0.2, -0.15) is 0 Å². The molecule has 0 radical (unpaired) electrons. The molecule has 10 heteroatoms. The summed E-state index contributed by atoms with van der Waals surface area (Å²) in [5.74, 6) is -0.465. The average molecular weight is 404 g/mol. The van der Waals surface area contributed by atoms with Crippen molar-refractivity contribution in [3.05, 3.63) is 52.1 Å².